The Morgan fingerprint density at radius 2 is 1.68 bits per heavy atom. The van der Waals surface area contributed by atoms with Gasteiger partial charge in [-0.25, -0.2) is 14.2 Å². The summed E-state index contributed by atoms with van der Waals surface area (Å²) in [6.45, 7) is 0. The Morgan fingerprint density at radius 3 is 2.39 bits per heavy atom. The van der Waals surface area contributed by atoms with Crippen LogP contribution in [0.15, 0.2) is 53.9 Å². The highest BCUT2D eigenvalue weighted by atomic mass is 32.1. The summed E-state index contributed by atoms with van der Waals surface area (Å²) < 4.78 is 12.9. The van der Waals surface area contributed by atoms with Gasteiger partial charge in [-0.1, -0.05) is 43.5 Å². The van der Waals surface area contributed by atoms with E-state index in [9.17, 15) is 9.18 Å². The van der Waals surface area contributed by atoms with E-state index in [-0.39, 0.29) is 5.82 Å². The third-order valence-electron chi connectivity index (χ3n) is 5.11. The maximum Gasteiger partial charge on any atom is 0.325 e. The van der Waals surface area contributed by atoms with E-state index in [0.717, 1.165) is 11.3 Å². The molecule has 28 heavy (non-hydrogen) atoms. The highest BCUT2D eigenvalue weighted by Gasteiger charge is 2.15. The molecule has 2 N–H and O–H groups in total. The predicted octanol–water partition coefficient (Wildman–Crippen LogP) is 6.64. The number of hydrogen-bond donors (Lipinski definition) is 2. The highest BCUT2D eigenvalue weighted by Crippen LogP contribution is 2.34. The van der Waals surface area contributed by atoms with Crippen LogP contribution in [0.5, 0.6) is 0 Å². The van der Waals surface area contributed by atoms with Crippen LogP contribution in [0.25, 0.3) is 11.3 Å². The van der Waals surface area contributed by atoms with Crippen molar-refractivity contribution in [2.24, 2.45) is 0 Å². The zero-order valence-electron chi connectivity index (χ0n) is 15.5. The number of rotatable bonds is 4. The van der Waals surface area contributed by atoms with Gasteiger partial charge in [0.15, 0.2) is 5.13 Å². The predicted molar refractivity (Wildman–Crippen MR) is 112 cm³/mol. The minimum atomic E-state index is -0.403. The van der Waals surface area contributed by atoms with Crippen molar-refractivity contribution in [3.05, 3.63) is 65.3 Å². The summed E-state index contributed by atoms with van der Waals surface area (Å²) >= 11 is 1.37. The first-order chi connectivity index (χ1) is 13.7. The molecule has 1 aliphatic carbocycles. The van der Waals surface area contributed by atoms with Crippen molar-refractivity contribution >= 4 is 28.2 Å². The van der Waals surface area contributed by atoms with E-state index in [2.05, 4.69) is 39.9 Å². The standard InChI is InChI=1S/C22H22FN3OS/c23-18-10-12-19(13-11-18)24-21(27)26-22-25-20(14-28-22)17-8-6-16(7-9-17)15-4-2-1-3-5-15/h6-15H,1-5H2,(H2,24,25,26,27). The van der Waals surface area contributed by atoms with E-state index >= 15 is 0 Å². The first-order valence-corrected chi connectivity index (χ1v) is 10.4. The minimum Gasteiger partial charge on any atom is -0.308 e. The van der Waals surface area contributed by atoms with Gasteiger partial charge in [0.05, 0.1) is 5.69 Å². The maximum atomic E-state index is 12.9. The fourth-order valence-electron chi connectivity index (χ4n) is 3.62. The second-order valence-corrected chi connectivity index (χ2v) is 7.94. The fourth-order valence-corrected chi connectivity index (χ4v) is 4.33. The van der Waals surface area contributed by atoms with Crippen molar-refractivity contribution in [3.63, 3.8) is 0 Å². The molecule has 1 fully saturated rings. The Kier molecular flexibility index (Phi) is 5.67. The van der Waals surface area contributed by atoms with E-state index in [1.165, 1.54) is 73.3 Å². The molecule has 1 heterocycles. The molecule has 3 aromatic rings. The van der Waals surface area contributed by atoms with E-state index in [1.54, 1.807) is 0 Å². The molecule has 0 aliphatic heterocycles. The number of anilines is 2. The van der Waals surface area contributed by atoms with Gasteiger partial charge in [-0.05, 0) is 48.6 Å². The number of halogens is 1. The Balaban J connectivity index is 1.38. The Labute approximate surface area is 167 Å². The summed E-state index contributed by atoms with van der Waals surface area (Å²) in [4.78, 5) is 16.6. The average molecular weight is 396 g/mol. The van der Waals surface area contributed by atoms with Gasteiger partial charge in [-0.2, -0.15) is 0 Å². The van der Waals surface area contributed by atoms with E-state index in [1.807, 2.05) is 5.38 Å². The lowest BCUT2D eigenvalue weighted by molar-refractivity contribution is 0.262. The first-order valence-electron chi connectivity index (χ1n) is 9.57. The summed E-state index contributed by atoms with van der Waals surface area (Å²) in [6, 6.07) is 13.9. The Bertz CT molecular complexity index is 931. The second kappa shape index (κ2) is 8.52. The average Bonchev–Trinajstić information content (AvgIpc) is 3.19. The third kappa shape index (κ3) is 4.57. The van der Waals surface area contributed by atoms with Crippen LogP contribution in [0.4, 0.5) is 20.0 Å². The minimum absolute atomic E-state index is 0.343. The summed E-state index contributed by atoms with van der Waals surface area (Å²) in [5.74, 6) is 0.343. The van der Waals surface area contributed by atoms with Crippen molar-refractivity contribution in [1.29, 1.82) is 0 Å². The molecule has 1 saturated carbocycles. The number of benzene rings is 2. The number of nitrogens with one attached hydrogen (secondary N) is 2. The van der Waals surface area contributed by atoms with Crippen molar-refractivity contribution in [2.75, 3.05) is 10.6 Å². The topological polar surface area (TPSA) is 54.0 Å². The molecule has 6 heteroatoms. The zero-order chi connectivity index (χ0) is 19.3. The van der Waals surface area contributed by atoms with Gasteiger partial charge in [0.2, 0.25) is 0 Å². The van der Waals surface area contributed by atoms with Crippen molar-refractivity contribution in [3.8, 4) is 11.3 Å². The number of nitrogens with zero attached hydrogens (tertiary/aromatic N) is 1. The number of hydrogen-bond acceptors (Lipinski definition) is 3. The largest absolute Gasteiger partial charge is 0.325 e. The second-order valence-electron chi connectivity index (χ2n) is 7.08. The normalized spacial score (nSPS) is 14.6. The number of carbonyl (C=O) groups is 1. The number of amides is 2. The summed E-state index contributed by atoms with van der Waals surface area (Å²) in [5.41, 5.74) is 3.82. The summed E-state index contributed by atoms with van der Waals surface area (Å²) in [6.07, 6.45) is 6.58. The molecular formula is C22H22FN3OS. The van der Waals surface area contributed by atoms with Crippen LogP contribution in [0.2, 0.25) is 0 Å². The highest BCUT2D eigenvalue weighted by molar-refractivity contribution is 7.14. The zero-order valence-corrected chi connectivity index (χ0v) is 16.3. The fraction of sp³-hybridized carbons (Fsp3) is 0.273. The third-order valence-corrected chi connectivity index (χ3v) is 5.87. The van der Waals surface area contributed by atoms with Gasteiger partial charge in [-0.15, -0.1) is 11.3 Å². The van der Waals surface area contributed by atoms with Crippen LogP contribution >= 0.6 is 11.3 Å². The van der Waals surface area contributed by atoms with E-state index in [4.69, 9.17) is 0 Å². The van der Waals surface area contributed by atoms with Gasteiger partial charge >= 0.3 is 6.03 Å². The monoisotopic (exact) mass is 395 g/mol. The molecule has 4 rings (SSSR count). The SMILES string of the molecule is O=C(Nc1ccc(F)cc1)Nc1nc(-c2ccc(C3CCCCC3)cc2)cs1. The smallest absolute Gasteiger partial charge is 0.308 e. The lowest BCUT2D eigenvalue weighted by Gasteiger charge is -2.22. The molecule has 1 aromatic heterocycles. The quantitative estimate of drug-likeness (QED) is 0.520. The van der Waals surface area contributed by atoms with Crippen molar-refractivity contribution in [2.45, 2.75) is 38.0 Å². The molecule has 1 aliphatic rings. The first kappa shape index (κ1) is 18.6. The van der Waals surface area contributed by atoms with Crippen LogP contribution in [-0.4, -0.2) is 11.0 Å². The molecule has 144 valence electrons. The summed E-state index contributed by atoms with van der Waals surface area (Å²) in [5, 5.41) is 7.84. The lowest BCUT2D eigenvalue weighted by Crippen LogP contribution is -2.19. The van der Waals surface area contributed by atoms with Gasteiger partial charge in [-0.3, -0.25) is 5.32 Å². The molecule has 0 unspecified atom stereocenters. The van der Waals surface area contributed by atoms with Crippen LogP contribution in [0.1, 0.15) is 43.6 Å². The lowest BCUT2D eigenvalue weighted by atomic mass is 9.84. The van der Waals surface area contributed by atoms with Crippen LogP contribution in [0, 0.1) is 5.82 Å². The molecule has 4 nitrogen and oxygen atoms in total. The Hall–Kier alpha value is -2.73. The van der Waals surface area contributed by atoms with Gasteiger partial charge in [0, 0.05) is 16.6 Å². The molecule has 2 amide bonds. The van der Waals surface area contributed by atoms with Gasteiger partial charge in [0.1, 0.15) is 5.82 Å². The molecule has 0 radical (unpaired) electrons. The van der Waals surface area contributed by atoms with Gasteiger partial charge in [0.25, 0.3) is 0 Å². The number of thiazole rings is 1. The van der Waals surface area contributed by atoms with Crippen LogP contribution in [0.3, 0.4) is 0 Å². The number of aromatic nitrogens is 1. The molecule has 2 aromatic carbocycles. The van der Waals surface area contributed by atoms with Crippen molar-refractivity contribution in [1.82, 2.24) is 4.98 Å². The molecule has 0 spiro atoms. The summed E-state index contributed by atoms with van der Waals surface area (Å²) in [7, 11) is 0. The Morgan fingerprint density at radius 1 is 0.964 bits per heavy atom. The number of carbonyl (C=O) groups excluding carboxylic acids is 1. The van der Waals surface area contributed by atoms with Crippen LogP contribution in [-0.2, 0) is 0 Å². The molecule has 0 saturated heterocycles. The van der Waals surface area contributed by atoms with Gasteiger partial charge < -0.3 is 5.32 Å². The van der Waals surface area contributed by atoms with E-state index < -0.39 is 6.03 Å². The molecule has 0 bridgehead atoms. The number of urea groups is 1. The van der Waals surface area contributed by atoms with Crippen LogP contribution < -0.4 is 10.6 Å². The maximum absolute atomic E-state index is 12.9. The molecule has 0 atom stereocenters. The molecular weight excluding hydrogens is 373 g/mol. The van der Waals surface area contributed by atoms with E-state index in [0.29, 0.717) is 16.7 Å². The van der Waals surface area contributed by atoms with Crippen molar-refractivity contribution < 1.29 is 9.18 Å².